The number of carbonyl (C=O) groups is 2. The van der Waals surface area contributed by atoms with Crippen LogP contribution in [0.1, 0.15) is 74.4 Å². The fourth-order valence-corrected chi connectivity index (χ4v) is 6.19. The predicted octanol–water partition coefficient (Wildman–Crippen LogP) is 7.10. The van der Waals surface area contributed by atoms with Crippen LogP contribution < -0.4 is 4.90 Å². The maximum absolute atomic E-state index is 12.0. The van der Waals surface area contributed by atoms with Gasteiger partial charge in [0.2, 0.25) is 0 Å². The molecule has 0 amide bonds. The van der Waals surface area contributed by atoms with Gasteiger partial charge in [0.05, 0.1) is 19.4 Å². The summed E-state index contributed by atoms with van der Waals surface area (Å²) in [5.41, 5.74) is 3.76. The molecule has 13 heteroatoms. The van der Waals surface area contributed by atoms with Gasteiger partial charge >= 0.3 is 11.9 Å². The first-order valence-electron chi connectivity index (χ1n) is 15.4. The molecule has 1 N–H and O–H groups in total. The third-order valence-electron chi connectivity index (χ3n) is 8.09. The quantitative estimate of drug-likeness (QED) is 0.124. The Morgan fingerprint density at radius 2 is 1.77 bits per heavy atom. The van der Waals surface area contributed by atoms with E-state index in [4.69, 9.17) is 14.8 Å². The third kappa shape index (κ3) is 8.07. The highest BCUT2D eigenvalue weighted by Crippen LogP contribution is 2.41. The minimum Gasteiger partial charge on any atom is -0.481 e. The first-order chi connectivity index (χ1) is 22.8. The van der Waals surface area contributed by atoms with E-state index in [0.29, 0.717) is 49.1 Å². The number of imidazole rings is 1. The molecule has 1 atom stereocenters. The maximum atomic E-state index is 12.0. The Morgan fingerprint density at radius 3 is 2.40 bits per heavy atom. The molecule has 1 fully saturated rings. The molecule has 5 rings (SSSR count). The Labute approximate surface area is 276 Å². The Bertz CT molecular complexity index is 1830. The normalized spacial score (nSPS) is 14.1. The number of azo groups is 1. The summed E-state index contributed by atoms with van der Waals surface area (Å²) in [5, 5.41) is 38.7. The highest BCUT2D eigenvalue weighted by Gasteiger charge is 2.26. The molecule has 240 valence electrons. The Hall–Kier alpha value is -5.40. The molecule has 3 heterocycles. The summed E-state index contributed by atoms with van der Waals surface area (Å²) in [4.78, 5) is 34.1. The lowest BCUT2D eigenvalue weighted by atomic mass is 9.98. The smallest absolute Gasteiger partial charge is 0.306 e. The molecular weight excluding hydrogens is 616 g/mol. The van der Waals surface area contributed by atoms with Crippen LogP contribution in [0, 0.1) is 22.7 Å². The summed E-state index contributed by atoms with van der Waals surface area (Å²) in [7, 11) is 0. The zero-order valence-corrected chi connectivity index (χ0v) is 27.0. The number of hydrogen-bond donors (Lipinski definition) is 1. The molecule has 0 aliphatic carbocycles. The highest BCUT2D eigenvalue weighted by molar-refractivity contribution is 7.19. The Morgan fingerprint density at radius 1 is 1.04 bits per heavy atom. The van der Waals surface area contributed by atoms with Crippen LogP contribution in [0.25, 0.3) is 11.3 Å². The first kappa shape index (κ1) is 33.0. The van der Waals surface area contributed by atoms with Crippen molar-refractivity contribution >= 4 is 39.4 Å². The van der Waals surface area contributed by atoms with Gasteiger partial charge in [0.15, 0.2) is 21.5 Å². The summed E-state index contributed by atoms with van der Waals surface area (Å²) >= 11 is 1.36. The highest BCUT2D eigenvalue weighted by atomic mass is 32.1. The minimum absolute atomic E-state index is 0.0162. The second-order valence-electron chi connectivity index (χ2n) is 11.3. The number of anilines is 1. The van der Waals surface area contributed by atoms with E-state index in [0.717, 1.165) is 22.7 Å². The number of carbonyl (C=O) groups excluding carboxylic acids is 1. The van der Waals surface area contributed by atoms with Crippen LogP contribution in [0.5, 0.6) is 0 Å². The molecule has 47 heavy (non-hydrogen) atoms. The molecule has 1 unspecified atom stereocenters. The van der Waals surface area contributed by atoms with E-state index in [2.05, 4.69) is 52.2 Å². The fraction of sp³-hybridized carbons (Fsp3) is 0.353. The number of nitriles is 2. The second kappa shape index (κ2) is 15.3. The maximum Gasteiger partial charge on any atom is 0.306 e. The molecule has 1 aliphatic heterocycles. The van der Waals surface area contributed by atoms with Crippen LogP contribution in [-0.2, 0) is 20.9 Å². The van der Waals surface area contributed by atoms with E-state index in [1.807, 2.05) is 48.5 Å². The zero-order chi connectivity index (χ0) is 33.3. The van der Waals surface area contributed by atoms with Crippen molar-refractivity contribution in [2.75, 3.05) is 18.0 Å². The van der Waals surface area contributed by atoms with Gasteiger partial charge in [-0.15, -0.1) is 10.2 Å². The summed E-state index contributed by atoms with van der Waals surface area (Å²) in [6, 6.07) is 21.9. The van der Waals surface area contributed by atoms with Gasteiger partial charge in [0.1, 0.15) is 23.9 Å². The average molecular weight is 651 g/mol. The van der Waals surface area contributed by atoms with Crippen molar-refractivity contribution < 1.29 is 19.4 Å². The standard InChI is InChI=1S/C34H34N8O4S/c1-3-22(2)24-11-9-23(10-12-24)21-42-28(20-36)27(19-35)37-33(42)40-39-32-31(25-7-5-4-6-8-25)38-34(47-32)41-17-15-26(16-18-41)46-30(45)14-13-29(43)44/h4-12,22,26H,3,13-18,21H2,1-2H3,(H,43,44)/b40-39+. The van der Waals surface area contributed by atoms with Crippen molar-refractivity contribution in [2.45, 2.75) is 64.5 Å². The van der Waals surface area contributed by atoms with E-state index in [1.165, 1.54) is 16.9 Å². The number of nitrogens with zero attached hydrogens (tertiary/aromatic N) is 8. The molecule has 2 aromatic heterocycles. The van der Waals surface area contributed by atoms with Crippen LogP contribution in [0.15, 0.2) is 64.8 Å². The lowest BCUT2D eigenvalue weighted by Crippen LogP contribution is -2.37. The number of rotatable bonds is 12. The van der Waals surface area contributed by atoms with Crippen LogP contribution in [0.2, 0.25) is 0 Å². The molecular formula is C34H34N8O4S. The molecule has 0 spiro atoms. The average Bonchev–Trinajstić information content (AvgIpc) is 3.68. The van der Waals surface area contributed by atoms with E-state index in [-0.39, 0.29) is 36.3 Å². The summed E-state index contributed by atoms with van der Waals surface area (Å²) < 4.78 is 7.09. The van der Waals surface area contributed by atoms with Crippen LogP contribution in [-0.4, -0.2) is 50.8 Å². The number of ether oxygens (including phenoxy) is 1. The molecule has 4 aromatic rings. The summed E-state index contributed by atoms with van der Waals surface area (Å²) in [6.45, 7) is 5.80. The molecule has 1 saturated heterocycles. The minimum atomic E-state index is -1.03. The third-order valence-corrected chi connectivity index (χ3v) is 9.09. The number of thiazole rings is 1. The van der Waals surface area contributed by atoms with Crippen molar-refractivity contribution in [2.24, 2.45) is 10.2 Å². The Balaban J connectivity index is 1.39. The molecule has 1 aliphatic rings. The largest absolute Gasteiger partial charge is 0.481 e. The van der Waals surface area contributed by atoms with Gasteiger partial charge < -0.3 is 14.7 Å². The van der Waals surface area contributed by atoms with Crippen LogP contribution >= 0.6 is 11.3 Å². The van der Waals surface area contributed by atoms with Crippen molar-refractivity contribution in [1.82, 2.24) is 14.5 Å². The van der Waals surface area contributed by atoms with Crippen LogP contribution in [0.3, 0.4) is 0 Å². The van der Waals surface area contributed by atoms with Crippen molar-refractivity contribution in [3.05, 3.63) is 77.1 Å². The number of carboxylic acids is 1. The number of benzene rings is 2. The summed E-state index contributed by atoms with van der Waals surface area (Å²) in [6.07, 6.45) is 1.51. The van der Waals surface area contributed by atoms with Gasteiger partial charge in [-0.25, -0.2) is 4.98 Å². The SMILES string of the molecule is CCC(C)c1ccc(Cn2c(/N=N/c3sc(N4CCC(OC(=O)CCC(=O)O)CC4)nc3-c3ccccc3)nc(C#N)c2C#N)cc1. The van der Waals surface area contributed by atoms with Crippen molar-refractivity contribution in [3.8, 4) is 23.4 Å². The molecule has 0 bridgehead atoms. The molecule has 12 nitrogen and oxygen atoms in total. The van der Waals surface area contributed by atoms with Gasteiger partial charge in [0.25, 0.3) is 5.95 Å². The van der Waals surface area contributed by atoms with Gasteiger partial charge in [-0.05, 0) is 23.5 Å². The lowest BCUT2D eigenvalue weighted by molar-refractivity contribution is -0.152. The summed E-state index contributed by atoms with van der Waals surface area (Å²) in [5.74, 6) is -0.961. The number of piperidine rings is 1. The first-order valence-corrected chi connectivity index (χ1v) is 16.2. The van der Waals surface area contributed by atoms with Gasteiger partial charge in [0, 0.05) is 31.5 Å². The van der Waals surface area contributed by atoms with Gasteiger partial charge in [-0.2, -0.15) is 15.5 Å². The second-order valence-corrected chi connectivity index (χ2v) is 12.2. The molecule has 0 radical (unpaired) electrons. The van der Waals surface area contributed by atoms with E-state index in [1.54, 1.807) is 4.57 Å². The topological polar surface area (TPSA) is 170 Å². The van der Waals surface area contributed by atoms with E-state index in [9.17, 15) is 20.1 Å². The van der Waals surface area contributed by atoms with Crippen molar-refractivity contribution in [1.29, 1.82) is 10.5 Å². The number of esters is 1. The van der Waals surface area contributed by atoms with Crippen LogP contribution in [0.4, 0.5) is 16.1 Å². The fourth-order valence-electron chi connectivity index (χ4n) is 5.23. The van der Waals surface area contributed by atoms with Gasteiger partial charge in [-0.3, -0.25) is 14.2 Å². The number of aliphatic carboxylic acids is 1. The predicted molar refractivity (Wildman–Crippen MR) is 176 cm³/mol. The van der Waals surface area contributed by atoms with E-state index >= 15 is 0 Å². The Kier molecular flexibility index (Phi) is 10.7. The molecule has 0 saturated carbocycles. The van der Waals surface area contributed by atoms with E-state index < -0.39 is 11.9 Å². The zero-order valence-electron chi connectivity index (χ0n) is 26.2. The lowest BCUT2D eigenvalue weighted by Gasteiger charge is -2.31. The molecule has 2 aromatic carbocycles. The van der Waals surface area contributed by atoms with Gasteiger partial charge in [-0.1, -0.05) is 79.8 Å². The van der Waals surface area contributed by atoms with Crippen molar-refractivity contribution in [3.63, 3.8) is 0 Å². The monoisotopic (exact) mass is 650 g/mol. The number of aromatic nitrogens is 3. The number of carboxylic acid groups (broad SMARTS) is 1. The number of hydrogen-bond acceptors (Lipinski definition) is 11.